The highest BCUT2D eigenvalue weighted by atomic mass is 16.1. The number of allylic oxidation sites excluding steroid dienone is 4. The van der Waals surface area contributed by atoms with Crippen molar-refractivity contribution in [3.05, 3.63) is 22.3 Å². The summed E-state index contributed by atoms with van der Waals surface area (Å²) in [5.74, 6) is 0.439. The van der Waals surface area contributed by atoms with E-state index in [1.54, 1.807) is 0 Å². The molecule has 0 aromatic rings. The van der Waals surface area contributed by atoms with Gasteiger partial charge in [-0.05, 0) is 75.4 Å². The van der Waals surface area contributed by atoms with Gasteiger partial charge in [0, 0.05) is 0 Å². The highest BCUT2D eigenvalue weighted by Gasteiger charge is 2.29. The molecule has 86 valence electrons. The minimum Gasteiger partial charge on any atom is -0.289 e. The minimum atomic E-state index is 0.439. The summed E-state index contributed by atoms with van der Waals surface area (Å²) in [7, 11) is 0. The van der Waals surface area contributed by atoms with E-state index in [0.29, 0.717) is 5.78 Å². The van der Waals surface area contributed by atoms with Crippen LogP contribution >= 0.6 is 0 Å². The van der Waals surface area contributed by atoms with Crippen molar-refractivity contribution in [1.29, 1.82) is 0 Å². The van der Waals surface area contributed by atoms with Crippen LogP contribution < -0.4 is 0 Å². The molecular weight excluding hydrogens is 196 g/mol. The van der Waals surface area contributed by atoms with Crippen molar-refractivity contribution in [1.82, 2.24) is 0 Å². The van der Waals surface area contributed by atoms with Gasteiger partial charge in [-0.2, -0.15) is 0 Å². The van der Waals surface area contributed by atoms with Crippen molar-refractivity contribution >= 4 is 5.78 Å². The molecule has 0 aliphatic heterocycles. The summed E-state index contributed by atoms with van der Waals surface area (Å²) >= 11 is 0. The fourth-order valence-electron chi connectivity index (χ4n) is 3.54. The van der Waals surface area contributed by atoms with Gasteiger partial charge in [-0.3, -0.25) is 4.79 Å². The lowest BCUT2D eigenvalue weighted by atomic mass is 10.0. The van der Waals surface area contributed by atoms with E-state index in [4.69, 9.17) is 0 Å². The van der Waals surface area contributed by atoms with Gasteiger partial charge in [0.15, 0.2) is 5.78 Å². The van der Waals surface area contributed by atoms with Gasteiger partial charge in [0.05, 0.1) is 0 Å². The summed E-state index contributed by atoms with van der Waals surface area (Å²) < 4.78 is 0. The third kappa shape index (κ3) is 1.66. The Bertz CT molecular complexity index is 332. The van der Waals surface area contributed by atoms with E-state index in [1.165, 1.54) is 73.7 Å². The monoisotopic (exact) mass is 216 g/mol. The third-order valence-corrected chi connectivity index (χ3v) is 4.44. The second kappa shape index (κ2) is 4.20. The smallest absolute Gasteiger partial charge is 0.184 e. The van der Waals surface area contributed by atoms with Crippen molar-refractivity contribution in [3.63, 3.8) is 0 Å². The fraction of sp³-hybridized carbons (Fsp3) is 0.667. The van der Waals surface area contributed by atoms with Crippen molar-refractivity contribution in [2.24, 2.45) is 0 Å². The Balaban J connectivity index is 1.90. The predicted octanol–water partition coefficient (Wildman–Crippen LogP) is 4.09. The Hall–Kier alpha value is -0.850. The number of ketones is 1. The maximum absolute atomic E-state index is 12.4. The fourth-order valence-corrected chi connectivity index (χ4v) is 3.54. The summed E-state index contributed by atoms with van der Waals surface area (Å²) in [4.78, 5) is 12.4. The number of rotatable bonds is 0. The molecule has 0 N–H and O–H groups in total. The van der Waals surface area contributed by atoms with E-state index in [1.807, 2.05) is 0 Å². The van der Waals surface area contributed by atoms with E-state index in [0.717, 1.165) is 12.8 Å². The van der Waals surface area contributed by atoms with E-state index in [9.17, 15) is 4.79 Å². The van der Waals surface area contributed by atoms with Gasteiger partial charge < -0.3 is 0 Å². The normalized spacial score (nSPS) is 26.4. The molecule has 3 aliphatic carbocycles. The van der Waals surface area contributed by atoms with Crippen LogP contribution in [0.3, 0.4) is 0 Å². The summed E-state index contributed by atoms with van der Waals surface area (Å²) in [6, 6.07) is 0. The number of carbonyl (C=O) groups is 1. The Morgan fingerprint density at radius 3 is 1.31 bits per heavy atom. The van der Waals surface area contributed by atoms with Gasteiger partial charge in [-0.15, -0.1) is 0 Å². The maximum atomic E-state index is 12.4. The molecule has 0 bridgehead atoms. The molecule has 0 amide bonds. The molecule has 1 heteroatoms. The lowest BCUT2D eigenvalue weighted by molar-refractivity contribution is -0.111. The Labute approximate surface area is 97.6 Å². The van der Waals surface area contributed by atoms with Gasteiger partial charge in [0.25, 0.3) is 0 Å². The summed E-state index contributed by atoms with van der Waals surface area (Å²) in [5, 5.41) is 0. The van der Waals surface area contributed by atoms with Gasteiger partial charge in [-0.1, -0.05) is 11.1 Å². The molecule has 3 saturated carbocycles. The molecule has 0 saturated heterocycles. The molecule has 0 heterocycles. The van der Waals surface area contributed by atoms with Gasteiger partial charge in [0.1, 0.15) is 0 Å². The average molecular weight is 216 g/mol. The first-order chi connectivity index (χ1) is 7.86. The number of hydrogen-bond acceptors (Lipinski definition) is 1. The van der Waals surface area contributed by atoms with Crippen molar-refractivity contribution in [2.75, 3.05) is 0 Å². The van der Waals surface area contributed by atoms with Crippen LogP contribution in [0.2, 0.25) is 0 Å². The molecule has 0 spiro atoms. The highest BCUT2D eigenvalue weighted by molar-refractivity contribution is 6.11. The molecule has 0 aromatic carbocycles. The van der Waals surface area contributed by atoms with Crippen LogP contribution in [0.4, 0.5) is 0 Å². The molecule has 0 aromatic heterocycles. The zero-order chi connectivity index (χ0) is 11.0. The second-order valence-electron chi connectivity index (χ2n) is 5.41. The first-order valence-corrected chi connectivity index (χ1v) is 6.83. The zero-order valence-corrected chi connectivity index (χ0v) is 9.98. The predicted molar refractivity (Wildman–Crippen MR) is 65.2 cm³/mol. The molecule has 3 rings (SSSR count). The molecule has 0 unspecified atom stereocenters. The van der Waals surface area contributed by atoms with E-state index < -0.39 is 0 Å². The van der Waals surface area contributed by atoms with Crippen LogP contribution in [-0.2, 0) is 4.79 Å². The number of hydrogen-bond donors (Lipinski definition) is 0. The van der Waals surface area contributed by atoms with Crippen LogP contribution in [0.15, 0.2) is 22.3 Å². The second-order valence-corrected chi connectivity index (χ2v) is 5.41. The third-order valence-electron chi connectivity index (χ3n) is 4.44. The maximum Gasteiger partial charge on any atom is 0.184 e. The Morgan fingerprint density at radius 1 is 0.562 bits per heavy atom. The topological polar surface area (TPSA) is 17.1 Å². The van der Waals surface area contributed by atoms with E-state index in [2.05, 4.69) is 0 Å². The van der Waals surface area contributed by atoms with Crippen LogP contribution in [0.1, 0.15) is 64.2 Å². The van der Waals surface area contributed by atoms with Crippen molar-refractivity contribution in [3.8, 4) is 0 Å². The molecule has 1 nitrogen and oxygen atoms in total. The molecular formula is C15H20O. The number of carbonyl (C=O) groups excluding carboxylic acids is 1. The van der Waals surface area contributed by atoms with Gasteiger partial charge in [-0.25, -0.2) is 0 Å². The summed E-state index contributed by atoms with van der Waals surface area (Å²) in [5.41, 5.74) is 5.43. The molecule has 16 heavy (non-hydrogen) atoms. The number of Topliss-reactive ketones (excluding diaryl/α,β-unsaturated/α-hetero) is 1. The Kier molecular flexibility index (Phi) is 2.70. The molecule has 0 radical (unpaired) electrons. The van der Waals surface area contributed by atoms with Crippen LogP contribution in [0.5, 0.6) is 0 Å². The van der Waals surface area contributed by atoms with E-state index in [-0.39, 0.29) is 0 Å². The van der Waals surface area contributed by atoms with Crippen LogP contribution in [0, 0.1) is 0 Å². The van der Waals surface area contributed by atoms with Crippen LogP contribution in [0.25, 0.3) is 0 Å². The van der Waals surface area contributed by atoms with Crippen LogP contribution in [-0.4, -0.2) is 5.78 Å². The highest BCUT2D eigenvalue weighted by Crippen LogP contribution is 2.39. The standard InChI is InChI=1S/C15H20O/c16-15-13(11-5-1-2-6-11)9-10-14(15)12-7-3-4-8-12/h1-10H2. The molecule has 0 atom stereocenters. The van der Waals surface area contributed by atoms with Gasteiger partial charge in [0.2, 0.25) is 0 Å². The minimum absolute atomic E-state index is 0.439. The first-order valence-electron chi connectivity index (χ1n) is 6.83. The first kappa shape index (κ1) is 10.3. The lowest BCUT2D eigenvalue weighted by Gasteiger charge is -2.03. The molecule has 3 aliphatic rings. The molecule has 3 fully saturated rings. The van der Waals surface area contributed by atoms with E-state index >= 15 is 0 Å². The van der Waals surface area contributed by atoms with Gasteiger partial charge >= 0.3 is 0 Å². The van der Waals surface area contributed by atoms with Crippen molar-refractivity contribution < 1.29 is 4.79 Å². The average Bonchev–Trinajstić information content (AvgIpc) is 2.96. The zero-order valence-electron chi connectivity index (χ0n) is 9.98. The Morgan fingerprint density at radius 2 is 0.938 bits per heavy atom. The summed E-state index contributed by atoms with van der Waals surface area (Å²) in [6.07, 6.45) is 12.1. The largest absolute Gasteiger partial charge is 0.289 e. The SMILES string of the molecule is O=C1C(=C2CCCC2)CCC1=C1CCCC1. The lowest BCUT2D eigenvalue weighted by Crippen LogP contribution is -2.00. The quantitative estimate of drug-likeness (QED) is 0.557. The summed E-state index contributed by atoms with van der Waals surface area (Å²) in [6.45, 7) is 0. The van der Waals surface area contributed by atoms with Crippen molar-refractivity contribution in [2.45, 2.75) is 64.2 Å².